The quantitative estimate of drug-likeness (QED) is 0.211. The zero-order valence-electron chi connectivity index (χ0n) is 28.5. The van der Waals surface area contributed by atoms with Crippen LogP contribution < -0.4 is 9.64 Å². The molecule has 0 aliphatic carbocycles. The van der Waals surface area contributed by atoms with Crippen molar-refractivity contribution >= 4 is 39.5 Å². The first-order chi connectivity index (χ1) is 24.7. The van der Waals surface area contributed by atoms with Gasteiger partial charge in [-0.3, -0.25) is 0 Å². The van der Waals surface area contributed by atoms with Gasteiger partial charge in [-0.1, -0.05) is 30.3 Å². The lowest BCUT2D eigenvalue weighted by Crippen LogP contribution is -2.55. The molecule has 0 saturated carbocycles. The number of rotatable bonds is 10. The summed E-state index contributed by atoms with van der Waals surface area (Å²) in [6.07, 6.45) is -4.88. The van der Waals surface area contributed by atoms with Gasteiger partial charge in [-0.2, -0.15) is 13.2 Å². The average molecular weight is 742 g/mol. The molecule has 1 unspecified atom stereocenters. The summed E-state index contributed by atoms with van der Waals surface area (Å²) in [6.45, 7) is 2.75. The van der Waals surface area contributed by atoms with Crippen LogP contribution in [0.25, 0.3) is 0 Å². The SMILES string of the molecule is CCOC(=O)C1=C(C(=O)OCC)C2N(Cc3ccc(C(F)(F)F)cc3)c3ccccc3[C@@]23C[C@@H](C(=O)OC)N(S(=O)(=O)c2ccc(OC)cc2)C3=N1. The van der Waals surface area contributed by atoms with E-state index in [9.17, 15) is 36.0 Å². The molecule has 16 heteroatoms. The molecule has 1 saturated heterocycles. The largest absolute Gasteiger partial charge is 0.497 e. The second-order valence-corrected chi connectivity index (χ2v) is 13.9. The van der Waals surface area contributed by atoms with Crippen molar-refractivity contribution in [3.63, 3.8) is 0 Å². The Morgan fingerprint density at radius 3 is 2.13 bits per heavy atom. The molecule has 0 bridgehead atoms. The maximum absolute atomic E-state index is 14.7. The molecule has 12 nitrogen and oxygen atoms in total. The number of sulfonamides is 1. The van der Waals surface area contributed by atoms with Gasteiger partial charge in [-0.05, 0) is 73.9 Å². The topological polar surface area (TPSA) is 141 Å². The third-order valence-corrected chi connectivity index (χ3v) is 11.1. The molecule has 274 valence electrons. The Morgan fingerprint density at radius 2 is 1.54 bits per heavy atom. The number of benzene rings is 3. The summed E-state index contributed by atoms with van der Waals surface area (Å²) in [5.74, 6) is -2.82. The van der Waals surface area contributed by atoms with Crippen molar-refractivity contribution in [2.75, 3.05) is 32.3 Å². The van der Waals surface area contributed by atoms with Crippen LogP contribution >= 0.6 is 0 Å². The van der Waals surface area contributed by atoms with E-state index in [4.69, 9.17) is 18.9 Å². The molecule has 52 heavy (non-hydrogen) atoms. The normalized spacial score (nSPS) is 20.8. The number of para-hydroxylation sites is 1. The van der Waals surface area contributed by atoms with Crippen LogP contribution in [0.3, 0.4) is 0 Å². The van der Waals surface area contributed by atoms with Crippen LogP contribution in [0.15, 0.2) is 94.0 Å². The number of esters is 3. The van der Waals surface area contributed by atoms with Crippen molar-refractivity contribution in [2.24, 2.45) is 4.99 Å². The summed E-state index contributed by atoms with van der Waals surface area (Å²) >= 11 is 0. The van der Waals surface area contributed by atoms with Crippen LogP contribution in [0, 0.1) is 0 Å². The second-order valence-electron chi connectivity index (χ2n) is 12.1. The Morgan fingerprint density at radius 1 is 0.904 bits per heavy atom. The van der Waals surface area contributed by atoms with Gasteiger partial charge in [-0.25, -0.2) is 32.1 Å². The number of methoxy groups -OCH3 is 2. The fourth-order valence-corrected chi connectivity index (χ4v) is 8.82. The highest BCUT2D eigenvalue weighted by molar-refractivity contribution is 7.89. The monoisotopic (exact) mass is 741 g/mol. The molecule has 0 amide bonds. The lowest BCUT2D eigenvalue weighted by atomic mass is 9.69. The third-order valence-electron chi connectivity index (χ3n) is 9.31. The van der Waals surface area contributed by atoms with Gasteiger partial charge >= 0.3 is 24.1 Å². The molecule has 6 rings (SSSR count). The highest BCUT2D eigenvalue weighted by Gasteiger charge is 2.69. The third kappa shape index (κ3) is 5.84. The maximum atomic E-state index is 14.7. The van der Waals surface area contributed by atoms with Crippen LogP contribution in [0.5, 0.6) is 5.75 Å². The molecule has 3 aliphatic heterocycles. The molecule has 3 aromatic carbocycles. The van der Waals surface area contributed by atoms with E-state index in [1.807, 2.05) is 0 Å². The number of ether oxygens (including phenoxy) is 4. The minimum atomic E-state index is -4.66. The second kappa shape index (κ2) is 13.6. The van der Waals surface area contributed by atoms with Gasteiger partial charge in [0, 0.05) is 12.2 Å². The van der Waals surface area contributed by atoms with Gasteiger partial charge in [0.2, 0.25) is 0 Å². The first kappa shape index (κ1) is 36.4. The Kier molecular flexibility index (Phi) is 9.55. The van der Waals surface area contributed by atoms with Crippen LogP contribution in [-0.4, -0.2) is 76.0 Å². The molecule has 0 N–H and O–H groups in total. The number of anilines is 1. The predicted octanol–water partition coefficient (Wildman–Crippen LogP) is 4.77. The van der Waals surface area contributed by atoms with E-state index in [1.165, 1.54) is 50.4 Å². The van der Waals surface area contributed by atoms with Gasteiger partial charge in [0.1, 0.15) is 17.6 Å². The number of fused-ring (bicyclic) bond motifs is 1. The smallest absolute Gasteiger partial charge is 0.416 e. The number of hydrogen-bond acceptors (Lipinski definition) is 11. The number of alkyl halides is 3. The molecule has 0 aromatic heterocycles. The highest BCUT2D eigenvalue weighted by Crippen LogP contribution is 2.59. The van der Waals surface area contributed by atoms with Crippen molar-refractivity contribution < 1.29 is 54.9 Å². The van der Waals surface area contributed by atoms with E-state index >= 15 is 0 Å². The van der Waals surface area contributed by atoms with E-state index in [0.717, 1.165) is 23.5 Å². The first-order valence-electron chi connectivity index (χ1n) is 16.2. The first-order valence-corrected chi connectivity index (χ1v) is 17.6. The van der Waals surface area contributed by atoms with Crippen LogP contribution in [0.4, 0.5) is 18.9 Å². The van der Waals surface area contributed by atoms with Crippen molar-refractivity contribution in [3.05, 3.63) is 101 Å². The zero-order chi connectivity index (χ0) is 37.6. The number of carbonyl (C=O) groups excluding carboxylic acids is 3. The van der Waals surface area contributed by atoms with Gasteiger partial charge < -0.3 is 23.8 Å². The summed E-state index contributed by atoms with van der Waals surface area (Å²) in [5, 5.41) is 0. The Hall–Kier alpha value is -5.38. The lowest BCUT2D eigenvalue weighted by Gasteiger charge is -2.41. The van der Waals surface area contributed by atoms with Crippen molar-refractivity contribution in [3.8, 4) is 5.75 Å². The summed E-state index contributed by atoms with van der Waals surface area (Å²) in [5.41, 5.74) is -1.97. The molecule has 1 fully saturated rings. The van der Waals surface area contributed by atoms with Crippen LogP contribution in [0.2, 0.25) is 0 Å². The van der Waals surface area contributed by atoms with Gasteiger partial charge in [0.25, 0.3) is 10.0 Å². The molecular formula is C36H34F3N3O9S. The molecule has 3 atom stereocenters. The maximum Gasteiger partial charge on any atom is 0.416 e. The molecule has 3 aliphatic rings. The van der Waals surface area contributed by atoms with Gasteiger partial charge in [0.05, 0.1) is 54.9 Å². The van der Waals surface area contributed by atoms with Crippen molar-refractivity contribution in [2.45, 2.75) is 55.4 Å². The van der Waals surface area contributed by atoms with Crippen LogP contribution in [-0.2, 0) is 56.8 Å². The summed E-state index contributed by atoms with van der Waals surface area (Å²) in [4.78, 5) is 47.5. The van der Waals surface area contributed by atoms with E-state index in [-0.39, 0.29) is 42.5 Å². The van der Waals surface area contributed by atoms with E-state index in [2.05, 4.69) is 4.99 Å². The standard InChI is InChI=1S/C36H34F3N3O9S/c1-5-50-32(44)28-29(33(45)51-6-2)40-34-35(19-27(31(43)49-4)42(34)52(46,47)24-17-15-23(48-3)16-18-24)25-9-7-8-10-26(25)41(30(28)35)20-21-11-13-22(14-12-21)36(37,38)39/h7-18,27,30H,5-6,19-20H2,1-4H3/t27-,30?,35-/m0/s1. The molecule has 3 aromatic rings. The number of nitrogens with zero attached hydrogens (tertiary/aromatic N) is 3. The Bertz CT molecular complexity index is 2080. The van der Waals surface area contributed by atoms with Crippen molar-refractivity contribution in [1.29, 1.82) is 0 Å². The number of halogens is 3. The van der Waals surface area contributed by atoms with E-state index in [0.29, 0.717) is 22.6 Å². The summed E-state index contributed by atoms with van der Waals surface area (Å²) in [6, 6.07) is 13.9. The van der Waals surface area contributed by atoms with E-state index in [1.54, 1.807) is 36.1 Å². The highest BCUT2D eigenvalue weighted by atomic mass is 32.2. The Balaban J connectivity index is 1.65. The van der Waals surface area contributed by atoms with E-state index < -0.39 is 62.9 Å². The number of amidine groups is 1. The summed E-state index contributed by atoms with van der Waals surface area (Å²) in [7, 11) is -2.14. The van der Waals surface area contributed by atoms with Gasteiger partial charge in [0.15, 0.2) is 5.70 Å². The fourth-order valence-electron chi connectivity index (χ4n) is 7.19. The number of aliphatic imine (C=N–C) groups is 1. The predicted molar refractivity (Wildman–Crippen MR) is 180 cm³/mol. The minimum absolute atomic E-state index is 0.108. The zero-order valence-corrected chi connectivity index (χ0v) is 29.3. The Labute approximate surface area is 297 Å². The molecule has 1 spiro atoms. The number of hydrogen-bond donors (Lipinski definition) is 0. The summed E-state index contributed by atoms with van der Waals surface area (Å²) < 4.78 is 91.8. The van der Waals surface area contributed by atoms with Crippen LogP contribution in [0.1, 0.15) is 37.0 Å². The average Bonchev–Trinajstić information content (AvgIpc) is 3.62. The molecular weight excluding hydrogens is 707 g/mol. The minimum Gasteiger partial charge on any atom is -0.497 e. The van der Waals surface area contributed by atoms with Crippen molar-refractivity contribution in [1.82, 2.24) is 4.31 Å². The molecule has 3 heterocycles. The number of carbonyl (C=O) groups is 3. The fraction of sp³-hybridized carbons (Fsp3) is 0.333. The lowest BCUT2D eigenvalue weighted by molar-refractivity contribution is -0.144. The van der Waals surface area contributed by atoms with Gasteiger partial charge in [-0.15, -0.1) is 0 Å². The molecule has 0 radical (unpaired) electrons.